The molecule has 0 bridgehead atoms. The van der Waals surface area contributed by atoms with Gasteiger partial charge in [-0.3, -0.25) is 4.90 Å². The Labute approximate surface area is 145 Å². The minimum absolute atomic E-state index is 0.808. The molecule has 126 valence electrons. The number of nitrogens with zero attached hydrogens (tertiary/aromatic N) is 1. The van der Waals surface area contributed by atoms with Crippen molar-refractivity contribution in [3.63, 3.8) is 0 Å². The van der Waals surface area contributed by atoms with Crippen molar-refractivity contribution in [2.45, 2.75) is 19.5 Å². The number of carboxylic acids is 2. The molecule has 2 N–H and O–H groups in total. The number of benzene rings is 2. The quantitative estimate of drug-likeness (QED) is 0.816. The summed E-state index contributed by atoms with van der Waals surface area (Å²) >= 11 is 5.91. The molecule has 6 heteroatoms. The number of rotatable bonds is 2. The number of halogens is 1. The van der Waals surface area contributed by atoms with E-state index < -0.39 is 11.9 Å². The molecule has 2 aromatic carbocycles. The predicted molar refractivity (Wildman–Crippen MR) is 91.0 cm³/mol. The summed E-state index contributed by atoms with van der Waals surface area (Å²) in [4.78, 5) is 20.7. The standard InChI is InChI=1S/C16H16ClN.C2H2O4/c17-16-7-5-13(6-8-16)11-18-10-9-14-3-1-2-4-15(14)12-18;3-1(4)2(5)6/h1-8H,9-12H2;(H,3,4)(H,5,6). The Hall–Kier alpha value is -2.37. The lowest BCUT2D eigenvalue weighted by Gasteiger charge is -2.28. The molecule has 3 rings (SSSR count). The topological polar surface area (TPSA) is 77.8 Å². The van der Waals surface area contributed by atoms with Gasteiger partial charge in [-0.15, -0.1) is 0 Å². The lowest BCUT2D eigenvalue weighted by Crippen LogP contribution is -2.29. The van der Waals surface area contributed by atoms with Crippen molar-refractivity contribution in [3.05, 3.63) is 70.2 Å². The predicted octanol–water partition coefficient (Wildman–Crippen LogP) is 3.05. The fourth-order valence-electron chi connectivity index (χ4n) is 2.54. The molecule has 0 saturated heterocycles. The van der Waals surface area contributed by atoms with Crippen LogP contribution in [0.2, 0.25) is 5.02 Å². The number of aliphatic carboxylic acids is 2. The molecule has 0 spiro atoms. The van der Waals surface area contributed by atoms with Crippen molar-refractivity contribution in [2.24, 2.45) is 0 Å². The van der Waals surface area contributed by atoms with Crippen LogP contribution in [0.15, 0.2) is 48.5 Å². The van der Waals surface area contributed by atoms with Gasteiger partial charge in [0.15, 0.2) is 0 Å². The van der Waals surface area contributed by atoms with Crippen molar-refractivity contribution in [3.8, 4) is 0 Å². The van der Waals surface area contributed by atoms with E-state index in [-0.39, 0.29) is 0 Å². The van der Waals surface area contributed by atoms with Gasteiger partial charge in [0.05, 0.1) is 0 Å². The Bertz CT molecular complexity index is 703. The van der Waals surface area contributed by atoms with Gasteiger partial charge in [-0.2, -0.15) is 0 Å². The summed E-state index contributed by atoms with van der Waals surface area (Å²) in [7, 11) is 0. The molecule has 0 fully saturated rings. The van der Waals surface area contributed by atoms with E-state index in [0.29, 0.717) is 0 Å². The molecule has 0 aliphatic carbocycles. The molecule has 1 aliphatic rings. The highest BCUT2D eigenvalue weighted by Gasteiger charge is 2.15. The SMILES string of the molecule is Clc1ccc(CN2CCc3ccccc3C2)cc1.O=C(O)C(=O)O. The van der Waals surface area contributed by atoms with Gasteiger partial charge in [0.2, 0.25) is 0 Å². The van der Waals surface area contributed by atoms with Crippen molar-refractivity contribution in [2.75, 3.05) is 6.54 Å². The third-order valence-electron chi connectivity index (χ3n) is 3.71. The average Bonchev–Trinajstić information content (AvgIpc) is 2.57. The molecule has 2 aromatic rings. The van der Waals surface area contributed by atoms with Gasteiger partial charge in [0.1, 0.15) is 0 Å². The van der Waals surface area contributed by atoms with Crippen molar-refractivity contribution >= 4 is 23.5 Å². The van der Waals surface area contributed by atoms with Gasteiger partial charge in [0, 0.05) is 24.7 Å². The molecule has 0 radical (unpaired) electrons. The summed E-state index contributed by atoms with van der Waals surface area (Å²) < 4.78 is 0. The number of fused-ring (bicyclic) bond motifs is 1. The van der Waals surface area contributed by atoms with Crippen LogP contribution in [-0.4, -0.2) is 33.6 Å². The molecule has 0 unspecified atom stereocenters. The monoisotopic (exact) mass is 347 g/mol. The first-order valence-corrected chi connectivity index (χ1v) is 7.83. The third kappa shape index (κ3) is 5.37. The lowest BCUT2D eigenvalue weighted by atomic mass is 9.99. The van der Waals surface area contributed by atoms with E-state index in [4.69, 9.17) is 31.4 Å². The minimum Gasteiger partial charge on any atom is -0.473 e. The normalized spacial score (nSPS) is 13.4. The summed E-state index contributed by atoms with van der Waals surface area (Å²) in [5.74, 6) is -3.65. The molecule has 0 saturated carbocycles. The molecule has 5 nitrogen and oxygen atoms in total. The summed E-state index contributed by atoms with van der Waals surface area (Å²) in [6, 6.07) is 16.9. The Morgan fingerprint density at radius 2 is 1.54 bits per heavy atom. The van der Waals surface area contributed by atoms with Gasteiger partial charge < -0.3 is 10.2 Å². The molecule has 0 aromatic heterocycles. The fourth-order valence-corrected chi connectivity index (χ4v) is 2.66. The molecular weight excluding hydrogens is 330 g/mol. The highest BCUT2D eigenvalue weighted by molar-refractivity contribution is 6.30. The van der Waals surface area contributed by atoms with E-state index in [1.807, 2.05) is 12.1 Å². The number of hydrogen-bond donors (Lipinski definition) is 2. The van der Waals surface area contributed by atoms with Crippen LogP contribution in [0.25, 0.3) is 0 Å². The Balaban J connectivity index is 0.000000301. The van der Waals surface area contributed by atoms with Crippen molar-refractivity contribution in [1.82, 2.24) is 4.90 Å². The first-order chi connectivity index (χ1) is 11.5. The number of carbonyl (C=O) groups is 2. The van der Waals surface area contributed by atoms with Crippen LogP contribution in [0, 0.1) is 0 Å². The van der Waals surface area contributed by atoms with Gasteiger partial charge in [0.25, 0.3) is 0 Å². The van der Waals surface area contributed by atoms with E-state index in [2.05, 4.69) is 41.3 Å². The zero-order chi connectivity index (χ0) is 17.5. The lowest BCUT2D eigenvalue weighted by molar-refractivity contribution is -0.159. The maximum atomic E-state index is 9.10. The van der Waals surface area contributed by atoms with E-state index in [1.165, 1.54) is 16.7 Å². The highest BCUT2D eigenvalue weighted by Crippen LogP contribution is 2.20. The molecule has 0 amide bonds. The van der Waals surface area contributed by atoms with E-state index in [0.717, 1.165) is 31.1 Å². The number of carboxylic acid groups (broad SMARTS) is 2. The van der Waals surface area contributed by atoms with Crippen LogP contribution in [0.5, 0.6) is 0 Å². The largest absolute Gasteiger partial charge is 0.473 e. The smallest absolute Gasteiger partial charge is 0.414 e. The maximum Gasteiger partial charge on any atom is 0.414 e. The zero-order valence-electron chi connectivity index (χ0n) is 13.0. The molecular formula is C18H18ClNO4. The van der Waals surface area contributed by atoms with Crippen LogP contribution in [0.4, 0.5) is 0 Å². The van der Waals surface area contributed by atoms with Gasteiger partial charge in [-0.05, 0) is 35.2 Å². The van der Waals surface area contributed by atoms with Crippen molar-refractivity contribution in [1.29, 1.82) is 0 Å². The Kier molecular flexibility index (Phi) is 6.35. The first kappa shape index (κ1) is 18.0. The average molecular weight is 348 g/mol. The molecule has 1 aliphatic heterocycles. The van der Waals surface area contributed by atoms with E-state index in [9.17, 15) is 0 Å². The minimum atomic E-state index is -1.82. The van der Waals surface area contributed by atoms with Crippen LogP contribution in [0.3, 0.4) is 0 Å². The summed E-state index contributed by atoms with van der Waals surface area (Å²) in [5.41, 5.74) is 4.31. The van der Waals surface area contributed by atoms with Crippen LogP contribution >= 0.6 is 11.6 Å². The highest BCUT2D eigenvalue weighted by atomic mass is 35.5. The van der Waals surface area contributed by atoms with E-state index in [1.54, 1.807) is 0 Å². The second-order valence-electron chi connectivity index (χ2n) is 5.47. The molecule has 24 heavy (non-hydrogen) atoms. The van der Waals surface area contributed by atoms with Crippen LogP contribution in [0.1, 0.15) is 16.7 Å². The van der Waals surface area contributed by atoms with Gasteiger partial charge in [-0.1, -0.05) is 48.0 Å². The molecule has 1 heterocycles. The number of hydrogen-bond acceptors (Lipinski definition) is 3. The fraction of sp³-hybridized carbons (Fsp3) is 0.222. The summed E-state index contributed by atoms with van der Waals surface area (Å²) in [6.45, 7) is 3.20. The van der Waals surface area contributed by atoms with Crippen LogP contribution in [-0.2, 0) is 29.1 Å². The van der Waals surface area contributed by atoms with Crippen LogP contribution < -0.4 is 0 Å². The maximum absolute atomic E-state index is 9.10. The second-order valence-corrected chi connectivity index (χ2v) is 5.90. The summed E-state index contributed by atoms with van der Waals surface area (Å²) in [6.07, 6.45) is 1.16. The third-order valence-corrected chi connectivity index (χ3v) is 3.96. The summed E-state index contributed by atoms with van der Waals surface area (Å²) in [5, 5.41) is 15.6. The second kappa shape index (κ2) is 8.47. The van der Waals surface area contributed by atoms with Gasteiger partial charge >= 0.3 is 11.9 Å². The van der Waals surface area contributed by atoms with Gasteiger partial charge in [-0.25, -0.2) is 9.59 Å². The van der Waals surface area contributed by atoms with E-state index >= 15 is 0 Å². The molecule has 0 atom stereocenters. The first-order valence-electron chi connectivity index (χ1n) is 7.45. The van der Waals surface area contributed by atoms with Crippen molar-refractivity contribution < 1.29 is 19.8 Å². The Morgan fingerprint density at radius 1 is 0.958 bits per heavy atom. The Morgan fingerprint density at radius 3 is 2.12 bits per heavy atom. The zero-order valence-corrected chi connectivity index (χ0v) is 13.7.